The Bertz CT molecular complexity index is 263. The molecule has 0 atom stereocenters. The van der Waals surface area contributed by atoms with Gasteiger partial charge in [-0.15, -0.1) is 0 Å². The fourth-order valence-corrected chi connectivity index (χ4v) is 10.4. The quantitative estimate of drug-likeness (QED) is 0.724. The van der Waals surface area contributed by atoms with Gasteiger partial charge in [0, 0.05) is 0 Å². The van der Waals surface area contributed by atoms with Gasteiger partial charge in [0.25, 0.3) is 0 Å². The molecule has 0 aliphatic carbocycles. The molecule has 0 aromatic carbocycles. The van der Waals surface area contributed by atoms with E-state index in [2.05, 4.69) is 29.5 Å². The summed E-state index contributed by atoms with van der Waals surface area (Å²) < 4.78 is 22.9. The summed E-state index contributed by atoms with van der Waals surface area (Å²) in [4.78, 5) is 0. The predicted molar refractivity (Wildman–Crippen MR) is 79.4 cm³/mol. The van der Waals surface area contributed by atoms with E-state index in [0.29, 0.717) is 0 Å². The zero-order valence-corrected chi connectivity index (χ0v) is 13.5. The second-order valence-corrected chi connectivity index (χ2v) is 12.7. The van der Waals surface area contributed by atoms with Crippen LogP contribution < -0.4 is 0 Å². The number of hydrogen-bond donors (Lipinski definition) is 0. The van der Waals surface area contributed by atoms with Crippen LogP contribution in [0.4, 0.5) is 4.20 Å². The first kappa shape index (κ1) is 13.7. The zero-order chi connectivity index (χ0) is 12.7. The van der Waals surface area contributed by atoms with Crippen molar-refractivity contribution in [1.82, 2.24) is 14.0 Å². The minimum atomic E-state index is -3.63. The van der Waals surface area contributed by atoms with Crippen LogP contribution in [0.25, 0.3) is 0 Å². The average Bonchev–Trinajstić information content (AvgIpc) is 3.13. The Labute approximate surface area is 118 Å². The van der Waals surface area contributed by atoms with Crippen LogP contribution in [0, 0.1) is 0 Å². The van der Waals surface area contributed by atoms with E-state index in [-0.39, 0.29) is 0 Å². The topological polar surface area (TPSA) is 9.72 Å². The second-order valence-electron chi connectivity index (χ2n) is 5.77. The molecule has 3 rings (SSSR count). The van der Waals surface area contributed by atoms with Gasteiger partial charge in [0.2, 0.25) is 0 Å². The van der Waals surface area contributed by atoms with Gasteiger partial charge < -0.3 is 0 Å². The van der Waals surface area contributed by atoms with Gasteiger partial charge in [-0.1, -0.05) is 0 Å². The molecule has 0 bridgehead atoms. The van der Waals surface area contributed by atoms with Gasteiger partial charge in [0.15, 0.2) is 0 Å². The van der Waals surface area contributed by atoms with E-state index in [1.165, 1.54) is 0 Å². The molecule has 0 unspecified atom stereocenters. The third kappa shape index (κ3) is 1.98. The van der Waals surface area contributed by atoms with E-state index < -0.39 is 6.07 Å². The van der Waals surface area contributed by atoms with Crippen molar-refractivity contribution in [2.45, 2.75) is 38.5 Å². The van der Waals surface area contributed by atoms with Crippen molar-refractivity contribution in [3.63, 3.8) is 0 Å². The molecule has 6 heteroatoms. The summed E-state index contributed by atoms with van der Waals surface area (Å²) >= 11 is 3.71. The molecule has 3 nitrogen and oxygen atoms in total. The van der Waals surface area contributed by atoms with Crippen molar-refractivity contribution in [3.8, 4) is 0 Å². The molecule has 3 heterocycles. The molecule has 0 aromatic rings. The number of nitrogens with zero attached hydrogens (tertiary/aromatic N) is 3. The van der Waals surface area contributed by atoms with Gasteiger partial charge >= 0.3 is 118 Å². The SMILES string of the molecule is FP(Br)(N1CCCC1)(N1CCCC1)N1CCCC1. The van der Waals surface area contributed by atoms with E-state index in [9.17, 15) is 0 Å². The zero-order valence-electron chi connectivity index (χ0n) is 11.0. The van der Waals surface area contributed by atoms with Crippen LogP contribution in [0.3, 0.4) is 0 Å². The normalized spacial score (nSPS) is 30.9. The molecule has 3 fully saturated rings. The van der Waals surface area contributed by atoms with E-state index in [1.54, 1.807) is 0 Å². The Balaban J connectivity index is 1.93. The Kier molecular flexibility index (Phi) is 3.74. The van der Waals surface area contributed by atoms with Crippen molar-refractivity contribution in [2.24, 2.45) is 0 Å². The molecule has 3 aliphatic heterocycles. The Morgan fingerprint density at radius 1 is 0.611 bits per heavy atom. The van der Waals surface area contributed by atoms with Crippen molar-refractivity contribution in [2.75, 3.05) is 39.3 Å². The van der Waals surface area contributed by atoms with Crippen LogP contribution in [-0.2, 0) is 0 Å². The summed E-state index contributed by atoms with van der Waals surface area (Å²) in [6.07, 6.45) is 6.89. The Morgan fingerprint density at radius 3 is 1.06 bits per heavy atom. The summed E-state index contributed by atoms with van der Waals surface area (Å²) in [6.45, 7) is 5.54. The molecule has 0 radical (unpaired) electrons. The van der Waals surface area contributed by atoms with Crippen molar-refractivity contribution < 1.29 is 4.20 Å². The van der Waals surface area contributed by atoms with Gasteiger partial charge in [-0.05, 0) is 0 Å². The maximum absolute atomic E-state index is 16.4. The van der Waals surface area contributed by atoms with Crippen LogP contribution in [0.1, 0.15) is 38.5 Å². The molecule has 3 saturated heterocycles. The number of rotatable bonds is 3. The monoisotopic (exact) mass is 339 g/mol. The third-order valence-corrected chi connectivity index (χ3v) is 12.7. The van der Waals surface area contributed by atoms with Crippen molar-refractivity contribution in [1.29, 1.82) is 0 Å². The van der Waals surface area contributed by atoms with Crippen molar-refractivity contribution in [3.05, 3.63) is 0 Å². The van der Waals surface area contributed by atoms with Crippen LogP contribution in [0.15, 0.2) is 0 Å². The minimum absolute atomic E-state index is 0.923. The molecular weight excluding hydrogens is 316 g/mol. The van der Waals surface area contributed by atoms with Crippen LogP contribution in [0.5, 0.6) is 0 Å². The molecule has 0 amide bonds. The van der Waals surface area contributed by atoms with Gasteiger partial charge in [-0.2, -0.15) is 0 Å². The first-order valence-electron chi connectivity index (χ1n) is 7.34. The molecule has 18 heavy (non-hydrogen) atoms. The summed E-state index contributed by atoms with van der Waals surface area (Å²) in [5.41, 5.74) is 0. The number of halogens is 2. The van der Waals surface area contributed by atoms with E-state index in [4.69, 9.17) is 0 Å². The summed E-state index contributed by atoms with van der Waals surface area (Å²) in [6, 6.07) is -3.63. The molecule has 106 valence electrons. The van der Waals surface area contributed by atoms with Gasteiger partial charge in [0.05, 0.1) is 0 Å². The standard InChI is InChI=1S/C12H24BrFN3P/c13-18(14,15-7-1-2-8-15,16-9-3-4-10-16)17-11-5-6-12-17/h1-12H2. The van der Waals surface area contributed by atoms with Gasteiger partial charge in [-0.3, -0.25) is 0 Å². The van der Waals surface area contributed by atoms with Crippen molar-refractivity contribution >= 4 is 21.6 Å². The molecule has 0 aromatic heterocycles. The van der Waals surface area contributed by atoms with Gasteiger partial charge in [0.1, 0.15) is 0 Å². The first-order valence-corrected chi connectivity index (χ1v) is 11.3. The van der Waals surface area contributed by atoms with E-state index >= 15 is 4.20 Å². The predicted octanol–water partition coefficient (Wildman–Crippen LogP) is 3.77. The molecule has 0 spiro atoms. The Morgan fingerprint density at radius 2 is 0.833 bits per heavy atom. The molecular formula is C12H24BrFN3P. The Hall–Kier alpha value is 0.720. The molecule has 3 aliphatic rings. The third-order valence-electron chi connectivity index (χ3n) is 4.65. The second kappa shape index (κ2) is 4.92. The fourth-order valence-electron chi connectivity index (χ4n) is 3.63. The van der Waals surface area contributed by atoms with Crippen LogP contribution >= 0.6 is 21.6 Å². The first-order chi connectivity index (χ1) is 8.62. The van der Waals surface area contributed by atoms with Crippen LogP contribution in [-0.4, -0.2) is 53.3 Å². The van der Waals surface area contributed by atoms with Crippen LogP contribution in [0.2, 0.25) is 0 Å². The fraction of sp³-hybridized carbons (Fsp3) is 1.00. The average molecular weight is 340 g/mol. The summed E-state index contributed by atoms with van der Waals surface area (Å²) in [7, 11) is 0. The summed E-state index contributed by atoms with van der Waals surface area (Å²) in [5.74, 6) is 0. The van der Waals surface area contributed by atoms with Gasteiger partial charge in [-0.25, -0.2) is 0 Å². The summed E-state index contributed by atoms with van der Waals surface area (Å²) in [5, 5.41) is 0. The van der Waals surface area contributed by atoms with E-state index in [1.807, 2.05) is 0 Å². The maximum atomic E-state index is 16.4. The van der Waals surface area contributed by atoms with E-state index in [0.717, 1.165) is 77.8 Å². The number of hydrogen-bond acceptors (Lipinski definition) is 3. The molecule has 0 saturated carbocycles. The molecule has 0 N–H and O–H groups in total.